The van der Waals surface area contributed by atoms with Crippen molar-refractivity contribution in [3.8, 4) is 11.4 Å². The summed E-state index contributed by atoms with van der Waals surface area (Å²) in [5.41, 5.74) is 2.93. The van der Waals surface area contributed by atoms with Gasteiger partial charge in [0.15, 0.2) is 0 Å². The molecule has 0 unspecified atom stereocenters. The van der Waals surface area contributed by atoms with Crippen LogP contribution in [0.3, 0.4) is 0 Å². The van der Waals surface area contributed by atoms with Crippen LogP contribution in [-0.2, 0) is 6.54 Å². The van der Waals surface area contributed by atoms with E-state index in [4.69, 9.17) is 0 Å². The van der Waals surface area contributed by atoms with E-state index in [1.54, 1.807) is 30.5 Å². The van der Waals surface area contributed by atoms with Crippen molar-refractivity contribution in [1.29, 1.82) is 0 Å². The van der Waals surface area contributed by atoms with Gasteiger partial charge < -0.3 is 5.32 Å². The Morgan fingerprint density at radius 3 is 2.52 bits per heavy atom. The number of nitrogens with one attached hydrogen (secondary N) is 1. The molecule has 1 amide bonds. The van der Waals surface area contributed by atoms with Crippen molar-refractivity contribution < 1.29 is 9.18 Å². The average Bonchev–Trinajstić information content (AvgIpc) is 2.73. The largest absolute Gasteiger partial charge is 0.348 e. The number of para-hydroxylation sites is 1. The molecule has 0 saturated carbocycles. The van der Waals surface area contributed by atoms with Gasteiger partial charge in [0.05, 0.1) is 22.5 Å². The second-order valence-electron chi connectivity index (χ2n) is 6.06. The number of amides is 1. The summed E-state index contributed by atoms with van der Waals surface area (Å²) >= 11 is 0. The van der Waals surface area contributed by atoms with E-state index in [1.807, 2.05) is 42.5 Å². The van der Waals surface area contributed by atoms with Crippen LogP contribution in [0, 0.1) is 5.82 Å². The van der Waals surface area contributed by atoms with Crippen molar-refractivity contribution in [2.45, 2.75) is 6.54 Å². The van der Waals surface area contributed by atoms with Gasteiger partial charge in [0.1, 0.15) is 5.82 Å². The molecule has 2 aromatic carbocycles. The van der Waals surface area contributed by atoms with Crippen LogP contribution in [0.15, 0.2) is 79.0 Å². The van der Waals surface area contributed by atoms with E-state index in [2.05, 4.69) is 15.3 Å². The number of aromatic nitrogens is 2. The molecular formula is C22H16FN3O. The van der Waals surface area contributed by atoms with Crippen molar-refractivity contribution in [3.05, 3.63) is 95.9 Å². The standard InChI is InChI=1S/C22H16FN3O/c23-18-9-3-1-7-15(18)14-25-22(27)17-13-21(20-11-5-6-12-24-20)26-19-10-4-2-8-16(17)19/h1-13H,14H2,(H,25,27). The fourth-order valence-corrected chi connectivity index (χ4v) is 2.92. The van der Waals surface area contributed by atoms with Gasteiger partial charge in [-0.15, -0.1) is 0 Å². The minimum Gasteiger partial charge on any atom is -0.348 e. The van der Waals surface area contributed by atoms with Crippen molar-refractivity contribution in [2.24, 2.45) is 0 Å². The van der Waals surface area contributed by atoms with Crippen LogP contribution in [0.2, 0.25) is 0 Å². The van der Waals surface area contributed by atoms with Crippen LogP contribution in [0.25, 0.3) is 22.3 Å². The summed E-state index contributed by atoms with van der Waals surface area (Å²) in [6.07, 6.45) is 1.68. The Kier molecular flexibility index (Phi) is 4.58. The Morgan fingerprint density at radius 1 is 0.926 bits per heavy atom. The van der Waals surface area contributed by atoms with Crippen molar-refractivity contribution >= 4 is 16.8 Å². The van der Waals surface area contributed by atoms with Gasteiger partial charge >= 0.3 is 0 Å². The van der Waals surface area contributed by atoms with E-state index >= 15 is 0 Å². The van der Waals surface area contributed by atoms with Crippen LogP contribution in [0.1, 0.15) is 15.9 Å². The molecule has 1 N–H and O–H groups in total. The second-order valence-corrected chi connectivity index (χ2v) is 6.06. The fraction of sp³-hybridized carbons (Fsp3) is 0.0455. The smallest absolute Gasteiger partial charge is 0.252 e. The molecule has 132 valence electrons. The molecule has 4 nitrogen and oxygen atoms in total. The second kappa shape index (κ2) is 7.33. The fourth-order valence-electron chi connectivity index (χ4n) is 2.92. The Hall–Kier alpha value is -3.60. The van der Waals surface area contributed by atoms with E-state index in [0.717, 1.165) is 5.39 Å². The predicted molar refractivity (Wildman–Crippen MR) is 103 cm³/mol. The van der Waals surface area contributed by atoms with Crippen LogP contribution < -0.4 is 5.32 Å². The zero-order valence-electron chi connectivity index (χ0n) is 14.4. The molecule has 4 aromatic rings. The maximum Gasteiger partial charge on any atom is 0.252 e. The van der Waals surface area contributed by atoms with E-state index in [0.29, 0.717) is 28.0 Å². The molecule has 2 aromatic heterocycles. The van der Waals surface area contributed by atoms with Crippen molar-refractivity contribution in [1.82, 2.24) is 15.3 Å². The normalized spacial score (nSPS) is 10.7. The highest BCUT2D eigenvalue weighted by Crippen LogP contribution is 2.23. The van der Waals surface area contributed by atoms with Gasteiger partial charge in [-0.1, -0.05) is 42.5 Å². The lowest BCUT2D eigenvalue weighted by Gasteiger charge is -2.11. The molecule has 0 bridgehead atoms. The average molecular weight is 357 g/mol. The Morgan fingerprint density at radius 2 is 1.70 bits per heavy atom. The first-order chi connectivity index (χ1) is 13.2. The zero-order valence-corrected chi connectivity index (χ0v) is 14.4. The number of carbonyl (C=O) groups excluding carboxylic acids is 1. The predicted octanol–water partition coefficient (Wildman–Crippen LogP) is 4.37. The van der Waals surface area contributed by atoms with Crippen molar-refractivity contribution in [2.75, 3.05) is 0 Å². The van der Waals surface area contributed by atoms with Gasteiger partial charge in [0.25, 0.3) is 5.91 Å². The molecule has 4 rings (SSSR count). The Bertz CT molecular complexity index is 1110. The zero-order chi connectivity index (χ0) is 18.6. The first kappa shape index (κ1) is 16.8. The van der Waals surface area contributed by atoms with E-state index in [-0.39, 0.29) is 18.3 Å². The summed E-state index contributed by atoms with van der Waals surface area (Å²) in [6, 6.07) is 21.1. The number of pyridine rings is 2. The summed E-state index contributed by atoms with van der Waals surface area (Å²) in [4.78, 5) is 21.8. The molecule has 0 aliphatic carbocycles. The van der Waals surface area contributed by atoms with Gasteiger partial charge in [-0.3, -0.25) is 9.78 Å². The summed E-state index contributed by atoms with van der Waals surface area (Å²) in [5.74, 6) is -0.624. The Labute approximate surface area is 155 Å². The van der Waals surface area contributed by atoms with Gasteiger partial charge in [-0.05, 0) is 30.3 Å². The van der Waals surface area contributed by atoms with E-state index < -0.39 is 0 Å². The third-order valence-corrected chi connectivity index (χ3v) is 4.29. The SMILES string of the molecule is O=C(NCc1ccccc1F)c1cc(-c2ccccn2)nc2ccccc12. The molecule has 2 heterocycles. The van der Waals surface area contributed by atoms with E-state index in [1.165, 1.54) is 6.07 Å². The molecule has 0 saturated heterocycles. The molecule has 0 aliphatic heterocycles. The molecule has 5 heteroatoms. The van der Waals surface area contributed by atoms with Crippen LogP contribution in [0.4, 0.5) is 4.39 Å². The lowest BCUT2D eigenvalue weighted by atomic mass is 10.1. The third kappa shape index (κ3) is 3.53. The maximum absolute atomic E-state index is 13.8. The van der Waals surface area contributed by atoms with E-state index in [9.17, 15) is 9.18 Å². The number of halogens is 1. The number of hydrogen-bond donors (Lipinski definition) is 1. The minimum atomic E-state index is -0.341. The van der Waals surface area contributed by atoms with Crippen LogP contribution in [-0.4, -0.2) is 15.9 Å². The summed E-state index contributed by atoms with van der Waals surface area (Å²) in [6.45, 7) is 0.112. The number of nitrogens with zero attached hydrogens (tertiary/aromatic N) is 2. The van der Waals surface area contributed by atoms with Gasteiger partial charge in [-0.2, -0.15) is 0 Å². The topological polar surface area (TPSA) is 54.9 Å². The maximum atomic E-state index is 13.8. The first-order valence-corrected chi connectivity index (χ1v) is 8.55. The number of benzene rings is 2. The molecule has 0 fully saturated rings. The Balaban J connectivity index is 1.71. The van der Waals surface area contributed by atoms with Gasteiger partial charge in [-0.25, -0.2) is 9.37 Å². The number of fused-ring (bicyclic) bond motifs is 1. The lowest BCUT2D eigenvalue weighted by molar-refractivity contribution is 0.0952. The summed E-state index contributed by atoms with van der Waals surface area (Å²) in [7, 11) is 0. The highest BCUT2D eigenvalue weighted by molar-refractivity contribution is 6.07. The molecule has 27 heavy (non-hydrogen) atoms. The summed E-state index contributed by atoms with van der Waals surface area (Å²) < 4.78 is 13.8. The molecule has 0 radical (unpaired) electrons. The molecule has 0 aliphatic rings. The molecule has 0 atom stereocenters. The van der Waals surface area contributed by atoms with Crippen LogP contribution >= 0.6 is 0 Å². The van der Waals surface area contributed by atoms with Gasteiger partial charge in [0, 0.05) is 23.7 Å². The highest BCUT2D eigenvalue weighted by atomic mass is 19.1. The summed E-state index contributed by atoms with van der Waals surface area (Å²) in [5, 5.41) is 3.54. The number of hydrogen-bond acceptors (Lipinski definition) is 3. The lowest BCUT2D eigenvalue weighted by Crippen LogP contribution is -2.23. The van der Waals surface area contributed by atoms with Crippen LogP contribution in [0.5, 0.6) is 0 Å². The van der Waals surface area contributed by atoms with Gasteiger partial charge in [0.2, 0.25) is 0 Å². The molecule has 0 spiro atoms. The first-order valence-electron chi connectivity index (χ1n) is 8.55. The molecular weight excluding hydrogens is 341 g/mol. The minimum absolute atomic E-state index is 0.112. The monoisotopic (exact) mass is 357 g/mol. The van der Waals surface area contributed by atoms with Crippen molar-refractivity contribution in [3.63, 3.8) is 0 Å². The number of rotatable bonds is 4. The quantitative estimate of drug-likeness (QED) is 0.590. The number of carbonyl (C=O) groups is 1. The highest BCUT2D eigenvalue weighted by Gasteiger charge is 2.14. The third-order valence-electron chi connectivity index (χ3n) is 4.29.